The number of halogens is 4. The molecule has 1 aromatic heterocycles. The summed E-state index contributed by atoms with van der Waals surface area (Å²) in [6.07, 6.45) is 1.30. The molecule has 128 valence electrons. The lowest BCUT2D eigenvalue weighted by atomic mass is 10.2. The van der Waals surface area contributed by atoms with Gasteiger partial charge >= 0.3 is 5.91 Å². The van der Waals surface area contributed by atoms with Crippen LogP contribution in [0.2, 0.25) is 5.02 Å². The Hall–Kier alpha value is -1.10. The Kier molecular flexibility index (Phi) is 5.71. The van der Waals surface area contributed by atoms with Crippen LogP contribution in [0.25, 0.3) is 11.0 Å². The van der Waals surface area contributed by atoms with Gasteiger partial charge in [0.05, 0.1) is 14.3 Å². The first kappa shape index (κ1) is 18.7. The van der Waals surface area contributed by atoms with Crippen molar-refractivity contribution < 1.29 is 14.3 Å². The molecule has 0 aliphatic rings. The second-order valence-electron chi connectivity index (χ2n) is 4.94. The molecule has 0 atom stereocenters. The molecule has 0 bridgehead atoms. The van der Waals surface area contributed by atoms with Gasteiger partial charge in [0.15, 0.2) is 5.76 Å². The van der Waals surface area contributed by atoms with Crippen LogP contribution in [0, 0.1) is 3.57 Å². The minimum absolute atomic E-state index is 0.0226. The topological polar surface area (TPSA) is 74.8 Å². The SMILES string of the molecule is O=C(N/N=C\c1cc(Cl)cc(Br)c1O)c1cc2cc(Br)cc(I)c2o1. The summed E-state index contributed by atoms with van der Waals surface area (Å²) in [4.78, 5) is 12.2. The Bertz CT molecular complexity index is 1020. The number of carbonyl (C=O) groups is 1. The van der Waals surface area contributed by atoms with E-state index in [0.29, 0.717) is 20.6 Å². The van der Waals surface area contributed by atoms with Gasteiger partial charge < -0.3 is 9.52 Å². The van der Waals surface area contributed by atoms with Crippen LogP contribution in [-0.2, 0) is 0 Å². The average Bonchev–Trinajstić information content (AvgIpc) is 2.96. The number of phenolic OH excluding ortho intramolecular Hbond substituents is 1. The van der Waals surface area contributed by atoms with Crippen LogP contribution in [0.5, 0.6) is 5.75 Å². The second-order valence-corrected chi connectivity index (χ2v) is 8.31. The zero-order valence-corrected chi connectivity index (χ0v) is 18.3. The number of carbonyl (C=O) groups excluding carboxylic acids is 1. The van der Waals surface area contributed by atoms with E-state index in [-0.39, 0.29) is 11.5 Å². The number of rotatable bonds is 3. The molecule has 0 aliphatic heterocycles. The molecule has 5 nitrogen and oxygen atoms in total. The maximum atomic E-state index is 12.2. The number of nitrogens with zero attached hydrogens (tertiary/aromatic N) is 1. The number of hydrogen-bond donors (Lipinski definition) is 2. The molecule has 1 heterocycles. The van der Waals surface area contributed by atoms with Gasteiger partial charge in [0.2, 0.25) is 0 Å². The summed E-state index contributed by atoms with van der Waals surface area (Å²) in [5.41, 5.74) is 3.36. The Balaban J connectivity index is 1.80. The highest BCUT2D eigenvalue weighted by Crippen LogP contribution is 2.30. The standard InChI is InChI=1S/C16H8Br2ClIN2O3/c17-9-1-7-3-13(25-15(7)12(20)4-9)16(24)22-21-6-8-2-10(19)5-11(18)14(8)23/h1-6,23H,(H,22,24)/b21-6-. The molecule has 0 unspecified atom stereocenters. The molecule has 0 aliphatic carbocycles. The van der Waals surface area contributed by atoms with Crippen molar-refractivity contribution in [1.82, 2.24) is 5.43 Å². The van der Waals surface area contributed by atoms with E-state index in [9.17, 15) is 9.90 Å². The number of furan rings is 1. The zero-order chi connectivity index (χ0) is 18.1. The van der Waals surface area contributed by atoms with E-state index in [1.807, 2.05) is 12.1 Å². The predicted octanol–water partition coefficient (Wildman–Crippen LogP) is 5.69. The van der Waals surface area contributed by atoms with E-state index in [0.717, 1.165) is 13.4 Å². The van der Waals surface area contributed by atoms with E-state index < -0.39 is 5.91 Å². The Morgan fingerprint density at radius 1 is 1.28 bits per heavy atom. The number of hydrogen-bond acceptors (Lipinski definition) is 4. The summed E-state index contributed by atoms with van der Waals surface area (Å²) >= 11 is 14.6. The first-order valence-corrected chi connectivity index (χ1v) is 9.79. The monoisotopic (exact) mass is 596 g/mol. The van der Waals surface area contributed by atoms with E-state index in [2.05, 4.69) is 65.0 Å². The number of hydrazone groups is 1. The number of aromatic hydroxyl groups is 1. The summed E-state index contributed by atoms with van der Waals surface area (Å²) in [7, 11) is 0. The van der Waals surface area contributed by atoms with Crippen molar-refractivity contribution in [2.24, 2.45) is 5.10 Å². The number of amides is 1. The van der Waals surface area contributed by atoms with Crippen molar-refractivity contribution >= 4 is 89.1 Å². The van der Waals surface area contributed by atoms with Crippen LogP contribution >= 0.6 is 66.1 Å². The molecule has 3 rings (SSSR count). The fraction of sp³-hybridized carbons (Fsp3) is 0. The fourth-order valence-electron chi connectivity index (χ4n) is 2.09. The third-order valence-corrected chi connectivity index (χ3v) is 5.27. The first-order chi connectivity index (χ1) is 11.8. The van der Waals surface area contributed by atoms with E-state index in [1.165, 1.54) is 12.3 Å². The van der Waals surface area contributed by atoms with Crippen molar-refractivity contribution in [3.8, 4) is 5.75 Å². The normalized spacial score (nSPS) is 11.4. The minimum Gasteiger partial charge on any atom is -0.506 e. The van der Waals surface area contributed by atoms with Gasteiger partial charge in [-0.1, -0.05) is 27.5 Å². The van der Waals surface area contributed by atoms with Crippen LogP contribution < -0.4 is 5.43 Å². The maximum Gasteiger partial charge on any atom is 0.307 e. The summed E-state index contributed by atoms with van der Waals surface area (Å²) < 4.78 is 7.81. The molecule has 2 aromatic carbocycles. The molecular formula is C16H8Br2ClIN2O3. The lowest BCUT2D eigenvalue weighted by Crippen LogP contribution is -2.16. The van der Waals surface area contributed by atoms with Crippen LogP contribution in [0.4, 0.5) is 0 Å². The van der Waals surface area contributed by atoms with Crippen molar-refractivity contribution in [3.05, 3.63) is 59.2 Å². The maximum absolute atomic E-state index is 12.2. The van der Waals surface area contributed by atoms with Crippen LogP contribution in [-0.4, -0.2) is 17.2 Å². The third-order valence-electron chi connectivity index (χ3n) is 3.19. The molecule has 1 amide bonds. The Morgan fingerprint density at radius 3 is 2.80 bits per heavy atom. The number of benzene rings is 2. The molecule has 0 saturated carbocycles. The van der Waals surface area contributed by atoms with Crippen molar-refractivity contribution in [2.75, 3.05) is 0 Å². The molecule has 0 fully saturated rings. The van der Waals surface area contributed by atoms with Gasteiger partial charge in [-0.05, 0) is 68.9 Å². The van der Waals surface area contributed by atoms with E-state index >= 15 is 0 Å². The van der Waals surface area contributed by atoms with Crippen molar-refractivity contribution in [3.63, 3.8) is 0 Å². The molecule has 25 heavy (non-hydrogen) atoms. The van der Waals surface area contributed by atoms with E-state index in [4.69, 9.17) is 16.0 Å². The van der Waals surface area contributed by atoms with Gasteiger partial charge in [0, 0.05) is 20.4 Å². The van der Waals surface area contributed by atoms with Gasteiger partial charge in [0.25, 0.3) is 0 Å². The van der Waals surface area contributed by atoms with Crippen LogP contribution in [0.15, 0.2) is 48.8 Å². The van der Waals surface area contributed by atoms with E-state index in [1.54, 1.807) is 12.1 Å². The Labute approximate surface area is 177 Å². The van der Waals surface area contributed by atoms with Crippen molar-refractivity contribution in [2.45, 2.75) is 0 Å². The van der Waals surface area contributed by atoms with Gasteiger partial charge in [-0.2, -0.15) is 5.10 Å². The molecule has 0 radical (unpaired) electrons. The highest BCUT2D eigenvalue weighted by atomic mass is 127. The molecule has 2 N–H and O–H groups in total. The smallest absolute Gasteiger partial charge is 0.307 e. The summed E-state index contributed by atoms with van der Waals surface area (Å²) in [5.74, 6) is -0.384. The predicted molar refractivity (Wildman–Crippen MR) is 113 cm³/mol. The largest absolute Gasteiger partial charge is 0.506 e. The van der Waals surface area contributed by atoms with Crippen LogP contribution in [0.1, 0.15) is 16.1 Å². The lowest BCUT2D eigenvalue weighted by Gasteiger charge is -2.02. The Morgan fingerprint density at radius 2 is 2.04 bits per heavy atom. The highest BCUT2D eigenvalue weighted by molar-refractivity contribution is 14.1. The number of nitrogens with one attached hydrogen (secondary N) is 1. The van der Waals surface area contributed by atoms with Gasteiger partial charge in [-0.3, -0.25) is 4.79 Å². The summed E-state index contributed by atoms with van der Waals surface area (Å²) in [6, 6.07) is 8.48. The van der Waals surface area contributed by atoms with Gasteiger partial charge in [-0.15, -0.1) is 0 Å². The molecular weight excluding hydrogens is 590 g/mol. The molecule has 3 aromatic rings. The van der Waals surface area contributed by atoms with Crippen LogP contribution in [0.3, 0.4) is 0 Å². The highest BCUT2D eigenvalue weighted by Gasteiger charge is 2.14. The van der Waals surface area contributed by atoms with Crippen molar-refractivity contribution in [1.29, 1.82) is 0 Å². The van der Waals surface area contributed by atoms with Gasteiger partial charge in [-0.25, -0.2) is 5.43 Å². The average molecular weight is 598 g/mol. The molecule has 0 saturated heterocycles. The lowest BCUT2D eigenvalue weighted by molar-refractivity contribution is 0.0929. The third kappa shape index (κ3) is 4.18. The fourth-order valence-corrected chi connectivity index (χ4v) is 4.58. The molecule has 9 heteroatoms. The summed E-state index contributed by atoms with van der Waals surface area (Å²) in [6.45, 7) is 0. The number of phenols is 1. The quantitative estimate of drug-likeness (QED) is 0.231. The molecule has 0 spiro atoms. The second kappa shape index (κ2) is 7.65. The first-order valence-electron chi connectivity index (χ1n) is 6.75. The van der Waals surface area contributed by atoms with Gasteiger partial charge in [0.1, 0.15) is 11.3 Å². The number of fused-ring (bicyclic) bond motifs is 1. The minimum atomic E-state index is -0.500. The zero-order valence-electron chi connectivity index (χ0n) is 12.2. The summed E-state index contributed by atoms with van der Waals surface area (Å²) in [5, 5.41) is 15.0.